The molecule has 20 heavy (non-hydrogen) atoms. The molecule has 0 bridgehead atoms. The van der Waals surface area contributed by atoms with Crippen LogP contribution in [0, 0.1) is 13.8 Å². The van der Waals surface area contributed by atoms with Crippen LogP contribution in [0.1, 0.15) is 17.0 Å². The molecule has 0 atom stereocenters. The van der Waals surface area contributed by atoms with Crippen LogP contribution in [0.15, 0.2) is 28.8 Å². The molecule has 1 aromatic carbocycles. The second kappa shape index (κ2) is 6.21. The second-order valence-corrected chi connectivity index (χ2v) is 4.44. The fourth-order valence-electron chi connectivity index (χ4n) is 1.85. The van der Waals surface area contributed by atoms with Crippen molar-refractivity contribution in [2.45, 2.75) is 20.4 Å². The molecule has 2 rings (SSSR count). The van der Waals surface area contributed by atoms with E-state index < -0.39 is 12.5 Å². The minimum Gasteiger partial charge on any atom is -0.387 e. The summed E-state index contributed by atoms with van der Waals surface area (Å²) >= 11 is 0. The highest BCUT2D eigenvalue weighted by Gasteiger charge is 2.08. The summed E-state index contributed by atoms with van der Waals surface area (Å²) in [6, 6.07) is 7.27. The van der Waals surface area contributed by atoms with Crippen LogP contribution in [0.3, 0.4) is 0 Å². The van der Waals surface area contributed by atoms with Gasteiger partial charge in [0.25, 0.3) is 0 Å². The van der Waals surface area contributed by atoms with Gasteiger partial charge >= 0.3 is 0 Å². The van der Waals surface area contributed by atoms with Gasteiger partial charge in [0.15, 0.2) is 0 Å². The predicted octanol–water partition coefficient (Wildman–Crippen LogP) is 1.83. The number of carbonyl (C=O) groups is 1. The summed E-state index contributed by atoms with van der Waals surface area (Å²) in [5.74, 6) is 0.354. The number of aliphatic hydroxyl groups is 1. The quantitative estimate of drug-likeness (QED) is 0.775. The van der Waals surface area contributed by atoms with E-state index in [0.29, 0.717) is 12.2 Å². The Morgan fingerprint density at radius 1 is 1.35 bits per heavy atom. The van der Waals surface area contributed by atoms with Crippen molar-refractivity contribution in [1.82, 2.24) is 5.16 Å². The molecule has 2 aromatic rings. The lowest BCUT2D eigenvalue weighted by molar-refractivity contribution is -0.118. The van der Waals surface area contributed by atoms with Crippen molar-refractivity contribution >= 4 is 17.3 Å². The number of rotatable bonds is 5. The maximum atomic E-state index is 11.1. The standard InChI is InChI=1S/C14H17N3O3/c1-9-13(10(2)20-17-9)7-15-11-4-3-5-12(6-11)16-14(19)8-18/h3-6,15,18H,7-8H2,1-2H3,(H,16,19). The molecule has 1 aromatic heterocycles. The van der Waals surface area contributed by atoms with Gasteiger partial charge in [0.05, 0.1) is 5.69 Å². The Morgan fingerprint density at radius 2 is 2.10 bits per heavy atom. The first-order valence-electron chi connectivity index (χ1n) is 6.26. The van der Waals surface area contributed by atoms with Gasteiger partial charge in [0.1, 0.15) is 12.4 Å². The Kier molecular flexibility index (Phi) is 4.37. The summed E-state index contributed by atoms with van der Waals surface area (Å²) in [6.07, 6.45) is 0. The van der Waals surface area contributed by atoms with Crippen molar-refractivity contribution < 1.29 is 14.4 Å². The summed E-state index contributed by atoms with van der Waals surface area (Å²) in [7, 11) is 0. The normalized spacial score (nSPS) is 10.3. The lowest BCUT2D eigenvalue weighted by atomic mass is 10.2. The van der Waals surface area contributed by atoms with Gasteiger partial charge in [-0.3, -0.25) is 4.79 Å². The number of anilines is 2. The molecule has 1 amide bonds. The van der Waals surface area contributed by atoms with Gasteiger partial charge in [-0.1, -0.05) is 11.2 Å². The zero-order valence-electron chi connectivity index (χ0n) is 11.4. The fraction of sp³-hybridized carbons (Fsp3) is 0.286. The molecule has 1 heterocycles. The topological polar surface area (TPSA) is 87.4 Å². The molecule has 0 aliphatic rings. The molecule has 0 saturated carbocycles. The van der Waals surface area contributed by atoms with Crippen LogP contribution in [0.5, 0.6) is 0 Å². The molecular weight excluding hydrogens is 258 g/mol. The zero-order chi connectivity index (χ0) is 14.5. The zero-order valence-corrected chi connectivity index (χ0v) is 11.4. The second-order valence-electron chi connectivity index (χ2n) is 4.44. The van der Waals surface area contributed by atoms with Crippen LogP contribution < -0.4 is 10.6 Å². The van der Waals surface area contributed by atoms with Crippen LogP contribution in [-0.2, 0) is 11.3 Å². The Labute approximate surface area is 116 Å². The maximum Gasteiger partial charge on any atom is 0.250 e. The smallest absolute Gasteiger partial charge is 0.250 e. The lowest BCUT2D eigenvalue weighted by Crippen LogP contribution is -2.15. The van der Waals surface area contributed by atoms with Crippen molar-refractivity contribution in [3.8, 4) is 0 Å². The molecule has 0 aliphatic carbocycles. The molecule has 3 N–H and O–H groups in total. The molecule has 0 aliphatic heterocycles. The number of nitrogens with zero attached hydrogens (tertiary/aromatic N) is 1. The largest absolute Gasteiger partial charge is 0.387 e. The number of aliphatic hydroxyl groups excluding tert-OH is 1. The third kappa shape index (κ3) is 3.36. The van der Waals surface area contributed by atoms with Crippen LogP contribution in [0.4, 0.5) is 11.4 Å². The molecule has 0 unspecified atom stereocenters. The molecule has 6 heteroatoms. The Morgan fingerprint density at radius 3 is 2.75 bits per heavy atom. The SMILES string of the molecule is Cc1noc(C)c1CNc1cccc(NC(=O)CO)c1. The number of aryl methyl sites for hydroxylation is 2. The van der Waals surface area contributed by atoms with Gasteiger partial charge < -0.3 is 20.3 Å². The van der Waals surface area contributed by atoms with E-state index in [-0.39, 0.29) is 0 Å². The Balaban J connectivity index is 2.03. The van der Waals surface area contributed by atoms with E-state index in [2.05, 4.69) is 15.8 Å². The Hall–Kier alpha value is -2.34. The average molecular weight is 275 g/mol. The van der Waals surface area contributed by atoms with E-state index in [1.807, 2.05) is 26.0 Å². The maximum absolute atomic E-state index is 11.1. The average Bonchev–Trinajstić information content (AvgIpc) is 2.76. The van der Waals surface area contributed by atoms with Crippen molar-refractivity contribution in [3.63, 3.8) is 0 Å². The van der Waals surface area contributed by atoms with Gasteiger partial charge in [0.2, 0.25) is 5.91 Å². The van der Waals surface area contributed by atoms with Gasteiger partial charge in [-0.2, -0.15) is 0 Å². The van der Waals surface area contributed by atoms with Crippen LogP contribution >= 0.6 is 0 Å². The number of carbonyl (C=O) groups excluding carboxylic acids is 1. The summed E-state index contributed by atoms with van der Waals surface area (Å²) in [5, 5.41) is 18.4. The molecule has 6 nitrogen and oxygen atoms in total. The number of amides is 1. The number of aromatic nitrogens is 1. The number of benzene rings is 1. The van der Waals surface area contributed by atoms with Gasteiger partial charge in [-0.05, 0) is 32.0 Å². The third-order valence-electron chi connectivity index (χ3n) is 2.94. The summed E-state index contributed by atoms with van der Waals surface area (Å²) in [6.45, 7) is 3.83. The number of nitrogens with one attached hydrogen (secondary N) is 2. The first-order chi connectivity index (χ1) is 9.60. The molecule has 0 radical (unpaired) electrons. The van der Waals surface area contributed by atoms with Crippen molar-refractivity contribution in [3.05, 3.63) is 41.3 Å². The van der Waals surface area contributed by atoms with Gasteiger partial charge in [-0.25, -0.2) is 0 Å². The first-order valence-corrected chi connectivity index (χ1v) is 6.26. The predicted molar refractivity (Wildman–Crippen MR) is 75.5 cm³/mol. The summed E-state index contributed by atoms with van der Waals surface area (Å²) in [5.41, 5.74) is 3.38. The number of hydrogen-bond acceptors (Lipinski definition) is 5. The molecule has 0 saturated heterocycles. The van der Waals surface area contributed by atoms with E-state index >= 15 is 0 Å². The van der Waals surface area contributed by atoms with Crippen molar-refractivity contribution in [2.24, 2.45) is 0 Å². The van der Waals surface area contributed by atoms with E-state index in [9.17, 15) is 4.79 Å². The van der Waals surface area contributed by atoms with Crippen LogP contribution in [0.2, 0.25) is 0 Å². The molecule has 0 fully saturated rings. The highest BCUT2D eigenvalue weighted by molar-refractivity contribution is 5.91. The minimum absolute atomic E-state index is 0.437. The highest BCUT2D eigenvalue weighted by atomic mass is 16.5. The monoisotopic (exact) mass is 275 g/mol. The van der Waals surface area contributed by atoms with Crippen molar-refractivity contribution in [1.29, 1.82) is 0 Å². The van der Waals surface area contributed by atoms with E-state index in [1.54, 1.807) is 12.1 Å². The first kappa shape index (κ1) is 14.1. The minimum atomic E-state index is -0.531. The number of hydrogen-bond donors (Lipinski definition) is 3. The van der Waals surface area contributed by atoms with Crippen molar-refractivity contribution in [2.75, 3.05) is 17.2 Å². The molecule has 0 spiro atoms. The molecular formula is C14H17N3O3. The third-order valence-corrected chi connectivity index (χ3v) is 2.94. The van der Waals surface area contributed by atoms with Gasteiger partial charge in [-0.15, -0.1) is 0 Å². The summed E-state index contributed by atoms with van der Waals surface area (Å²) in [4.78, 5) is 11.1. The van der Waals surface area contributed by atoms with Crippen LogP contribution in [-0.4, -0.2) is 22.8 Å². The fourth-order valence-corrected chi connectivity index (χ4v) is 1.85. The van der Waals surface area contributed by atoms with E-state index in [0.717, 1.165) is 22.7 Å². The van der Waals surface area contributed by atoms with E-state index in [4.69, 9.17) is 9.63 Å². The summed E-state index contributed by atoms with van der Waals surface area (Å²) < 4.78 is 5.10. The van der Waals surface area contributed by atoms with Gasteiger partial charge in [0, 0.05) is 23.5 Å². The lowest BCUT2D eigenvalue weighted by Gasteiger charge is -2.09. The highest BCUT2D eigenvalue weighted by Crippen LogP contribution is 2.18. The van der Waals surface area contributed by atoms with E-state index in [1.165, 1.54) is 0 Å². The van der Waals surface area contributed by atoms with Crippen LogP contribution in [0.25, 0.3) is 0 Å². The molecule has 106 valence electrons. The Bertz CT molecular complexity index is 588.